The Morgan fingerprint density at radius 3 is 2.42 bits per heavy atom. The molecule has 3 atom stereocenters. The molecule has 2 rings (SSSR count). The van der Waals surface area contributed by atoms with Crippen LogP contribution in [0.3, 0.4) is 0 Å². The molecule has 110 valence electrons. The van der Waals surface area contributed by atoms with E-state index in [-0.39, 0.29) is 17.9 Å². The van der Waals surface area contributed by atoms with E-state index in [2.05, 4.69) is 29.4 Å². The molecule has 0 spiro atoms. The number of amides is 1. The molecular formula is C14H27N3O2. The number of nitrogens with one attached hydrogen (secondary N) is 2. The lowest BCUT2D eigenvalue weighted by Gasteiger charge is -2.37. The molecule has 2 heterocycles. The van der Waals surface area contributed by atoms with E-state index in [0.717, 1.165) is 39.4 Å². The van der Waals surface area contributed by atoms with Gasteiger partial charge in [-0.3, -0.25) is 9.69 Å². The van der Waals surface area contributed by atoms with E-state index in [1.54, 1.807) is 0 Å². The summed E-state index contributed by atoms with van der Waals surface area (Å²) >= 11 is 0. The molecule has 1 amide bonds. The molecule has 0 bridgehead atoms. The summed E-state index contributed by atoms with van der Waals surface area (Å²) < 4.78 is 5.37. The van der Waals surface area contributed by atoms with Crippen LogP contribution in [-0.4, -0.2) is 62.3 Å². The number of carbonyl (C=O) groups excluding carboxylic acids is 1. The van der Waals surface area contributed by atoms with Gasteiger partial charge in [0.15, 0.2) is 0 Å². The largest absolute Gasteiger partial charge is 0.379 e. The summed E-state index contributed by atoms with van der Waals surface area (Å²) in [5, 5.41) is 6.40. The number of carbonyl (C=O) groups is 1. The first kappa shape index (κ1) is 14.8. The average Bonchev–Trinajstić information content (AvgIpc) is 2.36. The lowest BCUT2D eigenvalue weighted by Crippen LogP contribution is -2.55. The molecule has 2 saturated heterocycles. The van der Waals surface area contributed by atoms with Gasteiger partial charge in [0.2, 0.25) is 5.91 Å². The maximum absolute atomic E-state index is 12.2. The highest BCUT2D eigenvalue weighted by atomic mass is 16.5. The maximum Gasteiger partial charge on any atom is 0.223 e. The second kappa shape index (κ2) is 6.68. The highest BCUT2D eigenvalue weighted by Gasteiger charge is 2.30. The molecule has 2 fully saturated rings. The van der Waals surface area contributed by atoms with Gasteiger partial charge in [-0.2, -0.15) is 0 Å². The normalized spacial score (nSPS) is 26.3. The monoisotopic (exact) mass is 269 g/mol. The van der Waals surface area contributed by atoms with Crippen LogP contribution in [0.25, 0.3) is 0 Å². The first-order valence-corrected chi connectivity index (χ1v) is 7.42. The van der Waals surface area contributed by atoms with E-state index >= 15 is 0 Å². The Hall–Kier alpha value is -0.650. The Balaban J connectivity index is 1.78. The molecule has 5 heteroatoms. The third kappa shape index (κ3) is 3.68. The number of morpholine rings is 1. The third-order valence-electron chi connectivity index (χ3n) is 4.65. The highest BCUT2D eigenvalue weighted by Crippen LogP contribution is 2.16. The number of rotatable bonds is 5. The molecule has 0 radical (unpaired) electrons. The minimum Gasteiger partial charge on any atom is -0.379 e. The van der Waals surface area contributed by atoms with Gasteiger partial charge < -0.3 is 15.4 Å². The molecule has 0 saturated carbocycles. The smallest absolute Gasteiger partial charge is 0.223 e. The lowest BCUT2D eigenvalue weighted by atomic mass is 9.88. The highest BCUT2D eigenvalue weighted by molar-refractivity contribution is 5.79. The second-order valence-corrected chi connectivity index (χ2v) is 5.89. The van der Waals surface area contributed by atoms with Crippen LogP contribution in [0.2, 0.25) is 0 Å². The molecule has 5 nitrogen and oxygen atoms in total. The summed E-state index contributed by atoms with van der Waals surface area (Å²) in [4.78, 5) is 14.6. The minimum atomic E-state index is 0.112. The molecule has 3 unspecified atom stereocenters. The summed E-state index contributed by atoms with van der Waals surface area (Å²) in [7, 11) is 0. The van der Waals surface area contributed by atoms with Crippen molar-refractivity contribution < 1.29 is 9.53 Å². The van der Waals surface area contributed by atoms with Crippen LogP contribution >= 0.6 is 0 Å². The quantitative estimate of drug-likeness (QED) is 0.741. The van der Waals surface area contributed by atoms with Crippen LogP contribution in [0.1, 0.15) is 20.8 Å². The van der Waals surface area contributed by atoms with Gasteiger partial charge in [0, 0.05) is 31.1 Å². The summed E-state index contributed by atoms with van der Waals surface area (Å²) in [6.07, 6.45) is 0. The van der Waals surface area contributed by atoms with Gasteiger partial charge in [-0.05, 0) is 32.9 Å². The first-order valence-electron chi connectivity index (χ1n) is 7.42. The minimum absolute atomic E-state index is 0.112. The number of hydrogen-bond donors (Lipinski definition) is 2. The number of hydrogen-bond acceptors (Lipinski definition) is 4. The second-order valence-electron chi connectivity index (χ2n) is 5.89. The van der Waals surface area contributed by atoms with E-state index in [0.29, 0.717) is 12.0 Å². The van der Waals surface area contributed by atoms with Gasteiger partial charge >= 0.3 is 0 Å². The molecule has 0 aliphatic carbocycles. The third-order valence-corrected chi connectivity index (χ3v) is 4.65. The summed E-state index contributed by atoms with van der Waals surface area (Å²) in [5.74, 6) is 0.811. The summed E-state index contributed by atoms with van der Waals surface area (Å²) in [6.45, 7) is 11.8. The zero-order valence-electron chi connectivity index (χ0n) is 12.3. The average molecular weight is 269 g/mol. The van der Waals surface area contributed by atoms with Gasteiger partial charge in [0.1, 0.15) is 0 Å². The Labute approximate surface area is 116 Å². The van der Waals surface area contributed by atoms with Gasteiger partial charge in [-0.1, -0.05) is 6.92 Å². The zero-order chi connectivity index (χ0) is 13.8. The fraction of sp³-hybridized carbons (Fsp3) is 0.929. The van der Waals surface area contributed by atoms with Crippen LogP contribution in [-0.2, 0) is 9.53 Å². The molecule has 0 aromatic rings. The molecule has 0 aromatic heterocycles. The van der Waals surface area contributed by atoms with Crippen LogP contribution in [0, 0.1) is 11.8 Å². The van der Waals surface area contributed by atoms with Crippen LogP contribution in [0.5, 0.6) is 0 Å². The van der Waals surface area contributed by atoms with Crippen molar-refractivity contribution in [2.75, 3.05) is 39.4 Å². The lowest BCUT2D eigenvalue weighted by molar-refractivity contribution is -0.127. The maximum atomic E-state index is 12.2. The molecular weight excluding hydrogens is 242 g/mol. The van der Waals surface area contributed by atoms with E-state index in [9.17, 15) is 4.79 Å². The molecule has 2 aliphatic rings. The van der Waals surface area contributed by atoms with E-state index in [4.69, 9.17) is 4.74 Å². The van der Waals surface area contributed by atoms with Crippen molar-refractivity contribution in [3.63, 3.8) is 0 Å². The van der Waals surface area contributed by atoms with Crippen LogP contribution < -0.4 is 10.6 Å². The molecule has 2 N–H and O–H groups in total. The number of nitrogens with zero attached hydrogens (tertiary/aromatic N) is 1. The van der Waals surface area contributed by atoms with E-state index in [1.165, 1.54) is 0 Å². The summed E-state index contributed by atoms with van der Waals surface area (Å²) in [6, 6.07) is 0.542. The predicted octanol–water partition coefficient (Wildman–Crippen LogP) is 0.0673. The van der Waals surface area contributed by atoms with E-state index < -0.39 is 0 Å². The Bertz CT molecular complexity index is 301. The fourth-order valence-corrected chi connectivity index (χ4v) is 2.66. The zero-order valence-corrected chi connectivity index (χ0v) is 12.3. The van der Waals surface area contributed by atoms with Crippen molar-refractivity contribution in [2.45, 2.75) is 32.9 Å². The Kier molecular flexibility index (Phi) is 5.19. The molecule has 2 aliphatic heterocycles. The predicted molar refractivity (Wildman–Crippen MR) is 75.0 cm³/mol. The van der Waals surface area contributed by atoms with Crippen LogP contribution in [0.15, 0.2) is 0 Å². The van der Waals surface area contributed by atoms with Gasteiger partial charge in [0.25, 0.3) is 0 Å². The Morgan fingerprint density at radius 1 is 1.26 bits per heavy atom. The van der Waals surface area contributed by atoms with Crippen LogP contribution in [0.4, 0.5) is 0 Å². The Morgan fingerprint density at radius 2 is 1.89 bits per heavy atom. The summed E-state index contributed by atoms with van der Waals surface area (Å²) in [5.41, 5.74) is 0. The SMILES string of the molecule is CC(NC(=O)C(C)C1CNC1)C(C)N1CCOCC1. The fourth-order valence-electron chi connectivity index (χ4n) is 2.66. The van der Waals surface area contributed by atoms with Crippen molar-refractivity contribution in [3.8, 4) is 0 Å². The molecule has 0 aromatic carbocycles. The number of ether oxygens (including phenoxy) is 1. The van der Waals surface area contributed by atoms with Crippen molar-refractivity contribution >= 4 is 5.91 Å². The first-order chi connectivity index (χ1) is 9.09. The molecule has 19 heavy (non-hydrogen) atoms. The van der Waals surface area contributed by atoms with Gasteiger partial charge in [0.05, 0.1) is 13.2 Å². The van der Waals surface area contributed by atoms with Gasteiger partial charge in [-0.15, -0.1) is 0 Å². The topological polar surface area (TPSA) is 53.6 Å². The van der Waals surface area contributed by atoms with E-state index in [1.807, 2.05) is 6.92 Å². The standard InChI is InChI=1S/C14H27N3O2/c1-10(13-8-15-9-13)14(18)16-11(2)12(3)17-4-6-19-7-5-17/h10-13,15H,4-9H2,1-3H3,(H,16,18). The van der Waals surface area contributed by atoms with Gasteiger partial charge in [-0.25, -0.2) is 0 Å². The van der Waals surface area contributed by atoms with Crippen molar-refractivity contribution in [3.05, 3.63) is 0 Å². The van der Waals surface area contributed by atoms with Crippen molar-refractivity contribution in [2.24, 2.45) is 11.8 Å². The van der Waals surface area contributed by atoms with Crippen molar-refractivity contribution in [1.29, 1.82) is 0 Å². The van der Waals surface area contributed by atoms with Crippen molar-refractivity contribution in [1.82, 2.24) is 15.5 Å².